The van der Waals surface area contributed by atoms with Gasteiger partial charge in [-0.25, -0.2) is 0 Å². The fraction of sp³-hybridized carbons (Fsp3) is 0. The van der Waals surface area contributed by atoms with Crippen LogP contribution in [-0.4, -0.2) is 25.9 Å². The van der Waals surface area contributed by atoms with Gasteiger partial charge in [0.25, 0.3) is 0 Å². The summed E-state index contributed by atoms with van der Waals surface area (Å²) in [6, 6.07) is 19.7. The van der Waals surface area contributed by atoms with Crippen molar-refractivity contribution in [2.45, 2.75) is 0 Å². The number of pyridine rings is 2. The quantitative estimate of drug-likeness (QED) is 0.541. The second kappa shape index (κ2) is 6.25. The van der Waals surface area contributed by atoms with Crippen molar-refractivity contribution in [2.75, 3.05) is 0 Å². The molecule has 0 fully saturated rings. The van der Waals surface area contributed by atoms with Gasteiger partial charge in [0.1, 0.15) is 22.5 Å². The number of hydrogen-bond acceptors (Lipinski definition) is 4. The van der Waals surface area contributed by atoms with Crippen LogP contribution in [0.2, 0.25) is 0 Å². The van der Waals surface area contributed by atoms with Gasteiger partial charge >= 0.3 is 15.9 Å². The Morgan fingerprint density at radius 1 is 0.609 bits per heavy atom. The molecule has 0 unspecified atom stereocenters. The van der Waals surface area contributed by atoms with Crippen LogP contribution in [0.4, 0.5) is 0 Å². The summed E-state index contributed by atoms with van der Waals surface area (Å²) in [5, 5.41) is 2.12. The lowest BCUT2D eigenvalue weighted by Crippen LogP contribution is -2.11. The SMILES string of the molecule is c1cnc2c([O][AlH][O]c3cccc4cccnc34)cccc2c1. The van der Waals surface area contributed by atoms with E-state index in [4.69, 9.17) is 7.58 Å². The average Bonchev–Trinajstić information content (AvgIpc) is 2.62. The van der Waals surface area contributed by atoms with Crippen LogP contribution in [0.3, 0.4) is 0 Å². The summed E-state index contributed by atoms with van der Waals surface area (Å²) in [5.41, 5.74) is 1.73. The lowest BCUT2D eigenvalue weighted by Gasteiger charge is -2.11. The number of nitrogens with zero attached hydrogens (tertiary/aromatic N) is 2. The highest BCUT2D eigenvalue weighted by Crippen LogP contribution is 2.25. The fourth-order valence-electron chi connectivity index (χ4n) is 2.54. The predicted octanol–water partition coefficient (Wildman–Crippen LogP) is 3.51. The normalized spacial score (nSPS) is 10.6. The molecule has 4 rings (SSSR count). The molecule has 0 N–H and O–H groups in total. The lowest BCUT2D eigenvalue weighted by atomic mass is 10.2. The van der Waals surface area contributed by atoms with Crippen LogP contribution in [0.1, 0.15) is 0 Å². The van der Waals surface area contributed by atoms with E-state index in [2.05, 4.69) is 9.97 Å². The Labute approximate surface area is 140 Å². The van der Waals surface area contributed by atoms with Crippen molar-refractivity contribution in [3.63, 3.8) is 0 Å². The number of benzene rings is 2. The molecule has 0 saturated heterocycles. The maximum absolute atomic E-state index is 5.90. The fourth-order valence-corrected chi connectivity index (χ4v) is 3.32. The standard InChI is InChI=1S/2C9H7NO.Al.H/c2*11-8-5-1-3-7-4-2-6-10-9(7)8;;/h2*1-6,11H;;/q;;+2;/p-2. The van der Waals surface area contributed by atoms with Gasteiger partial charge in [-0.2, -0.15) is 0 Å². The van der Waals surface area contributed by atoms with Gasteiger partial charge in [0.2, 0.25) is 0 Å². The maximum Gasteiger partial charge on any atom is 0.832 e. The predicted molar refractivity (Wildman–Crippen MR) is 91.9 cm³/mol. The largest absolute Gasteiger partial charge is 0.832 e. The summed E-state index contributed by atoms with van der Waals surface area (Å²) in [5.74, 6) is 1.53. The second-order valence-electron chi connectivity index (χ2n) is 5.07. The van der Waals surface area contributed by atoms with E-state index in [9.17, 15) is 0 Å². The smallest absolute Gasteiger partial charge is 0.613 e. The van der Waals surface area contributed by atoms with Gasteiger partial charge in [0.05, 0.1) is 0 Å². The van der Waals surface area contributed by atoms with E-state index in [0.29, 0.717) is 0 Å². The van der Waals surface area contributed by atoms with Gasteiger partial charge in [0, 0.05) is 23.2 Å². The molecule has 2 heterocycles. The molecule has 0 aliphatic rings. The average molecular weight is 316 g/mol. The molecule has 2 aromatic carbocycles. The summed E-state index contributed by atoms with van der Waals surface area (Å²) in [6.07, 6.45) is 3.54. The number of hydrogen-bond donors (Lipinski definition) is 0. The number of para-hydroxylation sites is 2. The van der Waals surface area contributed by atoms with Gasteiger partial charge in [0.15, 0.2) is 0 Å². The highest BCUT2D eigenvalue weighted by Gasteiger charge is 2.10. The van der Waals surface area contributed by atoms with Crippen molar-refractivity contribution < 1.29 is 7.58 Å². The first-order chi connectivity index (χ1) is 11.4. The van der Waals surface area contributed by atoms with Gasteiger partial charge in [-0.3, -0.25) is 9.97 Å². The van der Waals surface area contributed by atoms with Crippen molar-refractivity contribution in [3.05, 3.63) is 73.1 Å². The summed E-state index contributed by atoms with van der Waals surface area (Å²) in [4.78, 5) is 8.77. The molecule has 4 nitrogen and oxygen atoms in total. The first-order valence-corrected chi connectivity index (χ1v) is 8.50. The van der Waals surface area contributed by atoms with Crippen molar-refractivity contribution in [3.8, 4) is 11.5 Å². The summed E-state index contributed by atoms with van der Waals surface area (Å²) < 4.78 is 11.8. The van der Waals surface area contributed by atoms with E-state index >= 15 is 0 Å². The van der Waals surface area contributed by atoms with Gasteiger partial charge in [-0.15, -0.1) is 0 Å². The first-order valence-electron chi connectivity index (χ1n) is 7.35. The van der Waals surface area contributed by atoms with Crippen LogP contribution in [0.15, 0.2) is 73.1 Å². The molecule has 0 amide bonds. The highest BCUT2D eigenvalue weighted by atomic mass is 27.2. The lowest BCUT2D eigenvalue weighted by molar-refractivity contribution is 0.463. The Balaban J connectivity index is 1.55. The molecule has 0 saturated carbocycles. The van der Waals surface area contributed by atoms with Crippen LogP contribution >= 0.6 is 0 Å². The molecule has 0 radical (unpaired) electrons. The maximum atomic E-state index is 5.90. The van der Waals surface area contributed by atoms with E-state index in [0.717, 1.165) is 33.3 Å². The van der Waals surface area contributed by atoms with Crippen molar-refractivity contribution >= 4 is 37.7 Å². The third-order valence-corrected chi connectivity index (χ3v) is 4.48. The molecule has 4 aromatic rings. The minimum atomic E-state index is -1.24. The van der Waals surface area contributed by atoms with Crippen LogP contribution in [0.5, 0.6) is 11.5 Å². The first kappa shape index (κ1) is 14.0. The Kier molecular flexibility index (Phi) is 3.81. The van der Waals surface area contributed by atoms with Gasteiger partial charge in [-0.05, 0) is 24.3 Å². The zero-order valence-corrected chi connectivity index (χ0v) is 13.8. The van der Waals surface area contributed by atoms with Gasteiger partial charge in [-0.1, -0.05) is 36.4 Å². The molecule has 23 heavy (non-hydrogen) atoms. The molecule has 2 aromatic heterocycles. The molecular weight excluding hydrogens is 303 g/mol. The molecule has 0 spiro atoms. The molecule has 0 aliphatic heterocycles. The molecule has 0 atom stereocenters. The third-order valence-electron chi connectivity index (χ3n) is 3.62. The molecule has 110 valence electrons. The van der Waals surface area contributed by atoms with E-state index in [1.807, 2.05) is 60.7 Å². The zero-order chi connectivity index (χ0) is 15.5. The summed E-state index contributed by atoms with van der Waals surface area (Å²) >= 11 is -1.24. The molecular formula is C18H13AlN2O2. The summed E-state index contributed by atoms with van der Waals surface area (Å²) in [7, 11) is 0. The zero-order valence-electron chi connectivity index (χ0n) is 12.3. The number of fused-ring (bicyclic) bond motifs is 2. The van der Waals surface area contributed by atoms with Crippen molar-refractivity contribution in [1.29, 1.82) is 0 Å². The number of rotatable bonds is 4. The Morgan fingerprint density at radius 3 is 1.61 bits per heavy atom. The molecule has 0 bridgehead atoms. The summed E-state index contributed by atoms with van der Waals surface area (Å²) in [6.45, 7) is 0. The van der Waals surface area contributed by atoms with Crippen LogP contribution in [0, 0.1) is 0 Å². The van der Waals surface area contributed by atoms with Gasteiger partial charge < -0.3 is 7.58 Å². The van der Waals surface area contributed by atoms with E-state index < -0.39 is 15.9 Å². The minimum Gasteiger partial charge on any atom is -0.613 e. The van der Waals surface area contributed by atoms with Crippen LogP contribution in [-0.2, 0) is 0 Å². The van der Waals surface area contributed by atoms with Crippen molar-refractivity contribution in [1.82, 2.24) is 9.97 Å². The highest BCUT2D eigenvalue weighted by molar-refractivity contribution is 6.21. The van der Waals surface area contributed by atoms with Crippen LogP contribution in [0.25, 0.3) is 21.8 Å². The third kappa shape index (κ3) is 2.85. The Hall–Kier alpha value is -2.61. The molecule has 5 heteroatoms. The van der Waals surface area contributed by atoms with E-state index in [1.54, 1.807) is 12.4 Å². The molecule has 0 aliphatic carbocycles. The van der Waals surface area contributed by atoms with E-state index in [-0.39, 0.29) is 0 Å². The van der Waals surface area contributed by atoms with Crippen LogP contribution < -0.4 is 7.58 Å². The monoisotopic (exact) mass is 316 g/mol. The van der Waals surface area contributed by atoms with E-state index in [1.165, 1.54) is 0 Å². The van der Waals surface area contributed by atoms with Crippen molar-refractivity contribution in [2.24, 2.45) is 0 Å². The minimum absolute atomic E-state index is 0.767. The number of aromatic nitrogens is 2. The topological polar surface area (TPSA) is 44.2 Å². The Morgan fingerprint density at radius 2 is 1.09 bits per heavy atom. The Bertz CT molecular complexity index is 885. The second-order valence-corrected chi connectivity index (χ2v) is 5.88.